The fourth-order valence-electron chi connectivity index (χ4n) is 2.31. The zero-order chi connectivity index (χ0) is 12.6. The van der Waals surface area contributed by atoms with Crippen LogP contribution in [0.5, 0.6) is 0 Å². The van der Waals surface area contributed by atoms with Gasteiger partial charge in [-0.3, -0.25) is 0 Å². The highest BCUT2D eigenvalue weighted by Gasteiger charge is 2.47. The maximum absolute atomic E-state index is 11.9. The molecule has 2 heterocycles. The number of hydrogen-bond acceptors (Lipinski definition) is 5. The molecule has 1 saturated carbocycles. The van der Waals surface area contributed by atoms with Crippen molar-refractivity contribution in [2.24, 2.45) is 0 Å². The summed E-state index contributed by atoms with van der Waals surface area (Å²) in [6.45, 7) is 0. The third kappa shape index (κ3) is 1.81. The SMILES string of the molecule is O=C1OC2(CCCC2)OC(=O)C1=Cc1ccoc1. The predicted octanol–water partition coefficient (Wildman–Crippen LogP) is 2.03. The second kappa shape index (κ2) is 4.01. The molecule has 3 rings (SSSR count). The van der Waals surface area contributed by atoms with Crippen LogP contribution < -0.4 is 0 Å². The second-order valence-electron chi connectivity index (χ2n) is 4.51. The van der Waals surface area contributed by atoms with Crippen molar-refractivity contribution in [3.8, 4) is 0 Å². The molecule has 0 N–H and O–H groups in total. The van der Waals surface area contributed by atoms with Gasteiger partial charge in [0.15, 0.2) is 0 Å². The Hall–Kier alpha value is -2.04. The Bertz CT molecular complexity index is 483. The largest absolute Gasteiger partial charge is 0.472 e. The summed E-state index contributed by atoms with van der Waals surface area (Å²) < 4.78 is 15.4. The molecular weight excluding hydrogens is 236 g/mol. The lowest BCUT2D eigenvalue weighted by molar-refractivity contribution is -0.232. The summed E-state index contributed by atoms with van der Waals surface area (Å²) in [5, 5.41) is 0. The molecule has 0 radical (unpaired) electrons. The van der Waals surface area contributed by atoms with Gasteiger partial charge in [-0.15, -0.1) is 0 Å². The molecular formula is C13H12O5. The quantitative estimate of drug-likeness (QED) is 0.432. The van der Waals surface area contributed by atoms with Crippen molar-refractivity contribution in [2.45, 2.75) is 31.5 Å². The molecule has 5 nitrogen and oxygen atoms in total. The molecule has 5 heteroatoms. The molecule has 18 heavy (non-hydrogen) atoms. The van der Waals surface area contributed by atoms with Crippen LogP contribution in [0.25, 0.3) is 6.08 Å². The van der Waals surface area contributed by atoms with Crippen molar-refractivity contribution in [3.05, 3.63) is 29.7 Å². The number of carbonyl (C=O) groups is 2. The molecule has 0 aromatic carbocycles. The number of esters is 2. The van der Waals surface area contributed by atoms with Gasteiger partial charge in [-0.2, -0.15) is 0 Å². The number of ether oxygens (including phenoxy) is 2. The first-order chi connectivity index (χ1) is 8.69. The molecule has 0 atom stereocenters. The monoisotopic (exact) mass is 248 g/mol. The molecule has 1 spiro atoms. The second-order valence-corrected chi connectivity index (χ2v) is 4.51. The Labute approximate surface area is 103 Å². The van der Waals surface area contributed by atoms with Crippen LogP contribution in [0.3, 0.4) is 0 Å². The van der Waals surface area contributed by atoms with Crippen LogP contribution in [0.15, 0.2) is 28.6 Å². The summed E-state index contributed by atoms with van der Waals surface area (Å²) >= 11 is 0. The van der Waals surface area contributed by atoms with E-state index in [9.17, 15) is 9.59 Å². The number of hydrogen-bond donors (Lipinski definition) is 0. The molecule has 1 aromatic rings. The Morgan fingerprint density at radius 3 is 2.33 bits per heavy atom. The van der Waals surface area contributed by atoms with Gasteiger partial charge in [0.1, 0.15) is 5.57 Å². The first-order valence-electron chi connectivity index (χ1n) is 5.89. The third-order valence-electron chi connectivity index (χ3n) is 3.22. The summed E-state index contributed by atoms with van der Waals surface area (Å²) in [5.41, 5.74) is 0.537. The Morgan fingerprint density at radius 1 is 1.11 bits per heavy atom. The fraction of sp³-hybridized carbons (Fsp3) is 0.385. The van der Waals surface area contributed by atoms with E-state index in [1.807, 2.05) is 0 Å². The smallest absolute Gasteiger partial charge is 0.348 e. The van der Waals surface area contributed by atoms with E-state index in [-0.39, 0.29) is 5.57 Å². The van der Waals surface area contributed by atoms with Gasteiger partial charge in [-0.1, -0.05) is 0 Å². The average Bonchev–Trinajstić information content (AvgIpc) is 2.96. The molecule has 2 fully saturated rings. The number of furan rings is 1. The molecule has 1 aromatic heterocycles. The van der Waals surface area contributed by atoms with Crippen LogP contribution >= 0.6 is 0 Å². The molecule has 0 unspecified atom stereocenters. The van der Waals surface area contributed by atoms with Gasteiger partial charge in [0.2, 0.25) is 0 Å². The first kappa shape index (κ1) is 11.1. The highest BCUT2D eigenvalue weighted by atomic mass is 16.7. The van der Waals surface area contributed by atoms with Crippen molar-refractivity contribution in [1.82, 2.24) is 0 Å². The average molecular weight is 248 g/mol. The van der Waals surface area contributed by atoms with Gasteiger partial charge in [0, 0.05) is 18.4 Å². The van der Waals surface area contributed by atoms with Crippen LogP contribution in [-0.4, -0.2) is 17.7 Å². The standard InChI is InChI=1S/C13H12O5/c14-11-10(7-9-3-6-16-8-9)12(15)18-13(17-11)4-1-2-5-13/h3,6-8H,1-2,4-5H2. The minimum atomic E-state index is -1.01. The van der Waals surface area contributed by atoms with Gasteiger partial charge in [-0.25, -0.2) is 9.59 Å². The van der Waals surface area contributed by atoms with Crippen molar-refractivity contribution < 1.29 is 23.5 Å². The van der Waals surface area contributed by atoms with E-state index in [1.54, 1.807) is 6.07 Å². The maximum Gasteiger partial charge on any atom is 0.348 e. The topological polar surface area (TPSA) is 65.7 Å². The minimum absolute atomic E-state index is 0.0890. The summed E-state index contributed by atoms with van der Waals surface area (Å²) in [6.07, 6.45) is 7.30. The lowest BCUT2D eigenvalue weighted by Crippen LogP contribution is -2.44. The highest BCUT2D eigenvalue weighted by Crippen LogP contribution is 2.38. The Balaban J connectivity index is 1.87. The van der Waals surface area contributed by atoms with Gasteiger partial charge in [0.05, 0.1) is 12.5 Å². The lowest BCUT2D eigenvalue weighted by atomic mass is 10.1. The lowest BCUT2D eigenvalue weighted by Gasteiger charge is -2.32. The molecule has 1 aliphatic heterocycles. The molecule has 0 bridgehead atoms. The van der Waals surface area contributed by atoms with E-state index in [2.05, 4.69) is 0 Å². The van der Waals surface area contributed by atoms with Crippen LogP contribution in [0.2, 0.25) is 0 Å². The van der Waals surface area contributed by atoms with Crippen LogP contribution in [-0.2, 0) is 19.1 Å². The molecule has 2 aliphatic rings. The maximum atomic E-state index is 11.9. The van der Waals surface area contributed by atoms with Crippen LogP contribution in [0.4, 0.5) is 0 Å². The van der Waals surface area contributed by atoms with E-state index < -0.39 is 17.7 Å². The minimum Gasteiger partial charge on any atom is -0.472 e. The normalized spacial score (nSPS) is 21.9. The van der Waals surface area contributed by atoms with Crippen molar-refractivity contribution in [2.75, 3.05) is 0 Å². The van der Waals surface area contributed by atoms with Gasteiger partial charge in [0.25, 0.3) is 5.79 Å². The predicted molar refractivity (Wildman–Crippen MR) is 60.1 cm³/mol. The van der Waals surface area contributed by atoms with Gasteiger partial charge in [-0.05, 0) is 25.0 Å². The molecule has 1 aliphatic carbocycles. The Morgan fingerprint density at radius 2 is 1.78 bits per heavy atom. The van der Waals surface area contributed by atoms with Crippen molar-refractivity contribution in [1.29, 1.82) is 0 Å². The number of carbonyl (C=O) groups excluding carboxylic acids is 2. The zero-order valence-corrected chi connectivity index (χ0v) is 9.68. The van der Waals surface area contributed by atoms with Gasteiger partial charge < -0.3 is 13.9 Å². The molecule has 0 amide bonds. The third-order valence-corrected chi connectivity index (χ3v) is 3.22. The van der Waals surface area contributed by atoms with Gasteiger partial charge >= 0.3 is 11.9 Å². The highest BCUT2D eigenvalue weighted by molar-refractivity contribution is 6.18. The summed E-state index contributed by atoms with van der Waals surface area (Å²) in [5.74, 6) is -2.24. The van der Waals surface area contributed by atoms with E-state index in [1.165, 1.54) is 18.6 Å². The van der Waals surface area contributed by atoms with Crippen molar-refractivity contribution >= 4 is 18.0 Å². The van der Waals surface area contributed by atoms with Crippen molar-refractivity contribution in [3.63, 3.8) is 0 Å². The summed E-state index contributed by atoms with van der Waals surface area (Å²) in [4.78, 5) is 23.7. The number of rotatable bonds is 1. The van der Waals surface area contributed by atoms with Crippen LogP contribution in [0, 0.1) is 0 Å². The van der Waals surface area contributed by atoms with E-state index in [0.717, 1.165) is 12.8 Å². The Kier molecular flexibility index (Phi) is 2.47. The summed E-state index contributed by atoms with van der Waals surface area (Å²) in [7, 11) is 0. The first-order valence-corrected chi connectivity index (χ1v) is 5.89. The zero-order valence-electron chi connectivity index (χ0n) is 9.68. The fourth-order valence-corrected chi connectivity index (χ4v) is 2.31. The molecule has 94 valence electrons. The summed E-state index contributed by atoms with van der Waals surface area (Å²) in [6, 6.07) is 1.65. The van der Waals surface area contributed by atoms with E-state index in [0.29, 0.717) is 18.4 Å². The molecule has 1 saturated heterocycles. The van der Waals surface area contributed by atoms with Crippen LogP contribution in [0.1, 0.15) is 31.2 Å². The van der Waals surface area contributed by atoms with E-state index >= 15 is 0 Å². The van der Waals surface area contributed by atoms with E-state index in [4.69, 9.17) is 13.9 Å².